The number of anilines is 1. The van der Waals surface area contributed by atoms with Crippen LogP contribution in [0.2, 0.25) is 0 Å². The van der Waals surface area contributed by atoms with E-state index < -0.39 is 11.7 Å². The number of nitrogens with zero attached hydrogens (tertiary/aromatic N) is 1. The highest BCUT2D eigenvalue weighted by molar-refractivity contribution is 7.09. The van der Waals surface area contributed by atoms with E-state index in [2.05, 4.69) is 5.32 Å². The third kappa shape index (κ3) is 4.20. The fraction of sp³-hybridized carbons (Fsp3) is 0.0909. The zero-order valence-corrected chi connectivity index (χ0v) is 16.1. The first-order chi connectivity index (χ1) is 14.1. The quantitative estimate of drug-likeness (QED) is 0.650. The van der Waals surface area contributed by atoms with E-state index in [4.69, 9.17) is 4.74 Å². The lowest BCUT2D eigenvalue weighted by Gasteiger charge is -2.30. The Morgan fingerprint density at radius 3 is 2.69 bits per heavy atom. The second-order valence-electron chi connectivity index (χ2n) is 6.35. The van der Waals surface area contributed by atoms with Gasteiger partial charge in [-0.3, -0.25) is 14.5 Å². The van der Waals surface area contributed by atoms with Crippen LogP contribution in [0.3, 0.4) is 0 Å². The lowest BCUT2D eigenvalue weighted by molar-refractivity contribution is -0.123. The molecule has 0 saturated carbocycles. The minimum atomic E-state index is -0.502. The normalized spacial score (nSPS) is 14.4. The number of ether oxygens (including phenoxy) is 1. The molecule has 1 aliphatic rings. The first-order valence-corrected chi connectivity index (χ1v) is 9.84. The van der Waals surface area contributed by atoms with Gasteiger partial charge in [0.2, 0.25) is 5.91 Å². The van der Waals surface area contributed by atoms with Crippen molar-refractivity contribution < 1.29 is 18.7 Å². The molecule has 1 aromatic heterocycles. The molecule has 0 fully saturated rings. The van der Waals surface area contributed by atoms with Crippen LogP contribution in [0, 0.1) is 5.82 Å². The highest BCUT2D eigenvalue weighted by atomic mass is 32.1. The summed E-state index contributed by atoms with van der Waals surface area (Å²) in [5.74, 6) is -0.872. The molecule has 1 aliphatic heterocycles. The Labute approximate surface area is 171 Å². The standard InChI is InChI=1S/C22H17FN2O3S/c23-17-8-2-1-6-15(17)12-20-22(27)25(18-9-3-4-10-19(18)28-20)14-21(26)24-13-16-7-5-11-29-16/h1-12H,13-14H2,(H,24,26)/b20-12-. The Kier molecular flexibility index (Phi) is 5.39. The van der Waals surface area contributed by atoms with E-state index in [9.17, 15) is 14.0 Å². The van der Waals surface area contributed by atoms with Gasteiger partial charge in [-0.15, -0.1) is 11.3 Å². The van der Waals surface area contributed by atoms with Gasteiger partial charge in [-0.25, -0.2) is 4.39 Å². The molecule has 29 heavy (non-hydrogen) atoms. The Morgan fingerprint density at radius 1 is 1.10 bits per heavy atom. The third-order valence-corrected chi connectivity index (χ3v) is 5.24. The number of benzene rings is 2. The number of carbonyl (C=O) groups excluding carboxylic acids is 2. The number of para-hydroxylation sites is 2. The van der Waals surface area contributed by atoms with Gasteiger partial charge >= 0.3 is 0 Å². The van der Waals surface area contributed by atoms with Crippen molar-refractivity contribution in [2.24, 2.45) is 0 Å². The van der Waals surface area contributed by atoms with Crippen LogP contribution < -0.4 is 15.0 Å². The molecule has 2 amide bonds. The molecule has 0 radical (unpaired) electrons. The van der Waals surface area contributed by atoms with Gasteiger partial charge in [-0.05, 0) is 35.7 Å². The number of hydrogen-bond donors (Lipinski definition) is 1. The summed E-state index contributed by atoms with van der Waals surface area (Å²) >= 11 is 1.54. The molecule has 0 atom stereocenters. The van der Waals surface area contributed by atoms with E-state index in [0.29, 0.717) is 18.0 Å². The average Bonchev–Trinajstić information content (AvgIpc) is 3.25. The molecule has 2 aromatic carbocycles. The first kappa shape index (κ1) is 18.9. The van der Waals surface area contributed by atoms with Gasteiger partial charge in [0.15, 0.2) is 11.5 Å². The van der Waals surface area contributed by atoms with E-state index in [1.165, 1.54) is 17.0 Å². The molecule has 0 unspecified atom stereocenters. The van der Waals surface area contributed by atoms with Crippen LogP contribution in [0.1, 0.15) is 10.4 Å². The van der Waals surface area contributed by atoms with Crippen molar-refractivity contribution in [3.8, 4) is 5.75 Å². The molecule has 5 nitrogen and oxygen atoms in total. The second kappa shape index (κ2) is 8.28. The minimum absolute atomic E-state index is 0.0418. The summed E-state index contributed by atoms with van der Waals surface area (Å²) in [5.41, 5.74) is 0.729. The van der Waals surface area contributed by atoms with E-state index in [0.717, 1.165) is 4.88 Å². The Hall–Kier alpha value is -3.45. The second-order valence-corrected chi connectivity index (χ2v) is 7.38. The molecule has 1 N–H and O–H groups in total. The number of carbonyl (C=O) groups is 2. The molecule has 0 saturated heterocycles. The summed E-state index contributed by atoms with van der Waals surface area (Å²) in [7, 11) is 0. The Bertz CT molecular complexity index is 1080. The van der Waals surface area contributed by atoms with Crippen LogP contribution in [0.4, 0.5) is 10.1 Å². The molecule has 3 aromatic rings. The van der Waals surface area contributed by atoms with Crippen LogP contribution in [0.15, 0.2) is 71.8 Å². The molecule has 4 rings (SSSR count). The smallest absolute Gasteiger partial charge is 0.294 e. The van der Waals surface area contributed by atoms with E-state index in [-0.39, 0.29) is 23.8 Å². The summed E-state index contributed by atoms with van der Waals surface area (Å²) in [6, 6.07) is 16.9. The maximum atomic E-state index is 14.0. The van der Waals surface area contributed by atoms with Gasteiger partial charge in [-0.2, -0.15) is 0 Å². The predicted molar refractivity (Wildman–Crippen MR) is 110 cm³/mol. The van der Waals surface area contributed by atoms with Crippen LogP contribution in [-0.4, -0.2) is 18.4 Å². The fourth-order valence-corrected chi connectivity index (χ4v) is 3.60. The first-order valence-electron chi connectivity index (χ1n) is 8.96. The lowest BCUT2D eigenvalue weighted by Crippen LogP contribution is -2.44. The minimum Gasteiger partial charge on any atom is -0.449 e. The maximum absolute atomic E-state index is 14.0. The topological polar surface area (TPSA) is 58.6 Å². The van der Waals surface area contributed by atoms with Crippen LogP contribution in [0.25, 0.3) is 6.08 Å². The maximum Gasteiger partial charge on any atom is 0.294 e. The average molecular weight is 408 g/mol. The molecule has 7 heteroatoms. The molecular weight excluding hydrogens is 391 g/mol. The zero-order chi connectivity index (χ0) is 20.2. The lowest BCUT2D eigenvalue weighted by atomic mass is 10.1. The number of rotatable bonds is 5. The Balaban J connectivity index is 1.59. The van der Waals surface area contributed by atoms with Crippen LogP contribution in [-0.2, 0) is 16.1 Å². The number of amides is 2. The van der Waals surface area contributed by atoms with Gasteiger partial charge < -0.3 is 10.1 Å². The Morgan fingerprint density at radius 2 is 1.90 bits per heavy atom. The number of nitrogens with one attached hydrogen (secondary N) is 1. The number of halogens is 1. The van der Waals surface area contributed by atoms with Crippen molar-refractivity contribution in [2.45, 2.75) is 6.54 Å². The van der Waals surface area contributed by atoms with Crippen molar-refractivity contribution in [2.75, 3.05) is 11.4 Å². The van der Waals surface area contributed by atoms with E-state index in [1.807, 2.05) is 17.5 Å². The van der Waals surface area contributed by atoms with E-state index in [1.54, 1.807) is 53.8 Å². The number of thiophene rings is 1. The van der Waals surface area contributed by atoms with Gasteiger partial charge in [0, 0.05) is 10.4 Å². The molecular formula is C22H17FN2O3S. The van der Waals surface area contributed by atoms with Crippen molar-refractivity contribution in [1.82, 2.24) is 5.32 Å². The molecule has 0 bridgehead atoms. The summed E-state index contributed by atoms with van der Waals surface area (Å²) in [6.45, 7) is 0.230. The number of hydrogen-bond acceptors (Lipinski definition) is 4. The third-order valence-electron chi connectivity index (χ3n) is 4.37. The summed E-state index contributed by atoms with van der Waals surface area (Å²) in [6.07, 6.45) is 1.35. The van der Waals surface area contributed by atoms with Crippen molar-refractivity contribution in [1.29, 1.82) is 0 Å². The van der Waals surface area contributed by atoms with Crippen LogP contribution in [0.5, 0.6) is 5.75 Å². The SMILES string of the molecule is O=C(CN1C(=O)/C(=C/c2ccccc2F)Oc2ccccc21)NCc1cccs1. The van der Waals surface area contributed by atoms with Gasteiger partial charge in [0.25, 0.3) is 5.91 Å². The molecule has 0 spiro atoms. The largest absolute Gasteiger partial charge is 0.449 e. The summed E-state index contributed by atoms with van der Waals surface area (Å²) in [4.78, 5) is 27.8. The highest BCUT2D eigenvalue weighted by Gasteiger charge is 2.31. The summed E-state index contributed by atoms with van der Waals surface area (Å²) < 4.78 is 19.7. The molecule has 2 heterocycles. The summed E-state index contributed by atoms with van der Waals surface area (Å²) in [5, 5.41) is 4.75. The van der Waals surface area contributed by atoms with Crippen molar-refractivity contribution in [3.63, 3.8) is 0 Å². The van der Waals surface area contributed by atoms with Gasteiger partial charge in [0.05, 0.1) is 12.2 Å². The number of fused-ring (bicyclic) bond motifs is 1. The zero-order valence-electron chi connectivity index (χ0n) is 15.3. The van der Waals surface area contributed by atoms with Crippen LogP contribution >= 0.6 is 11.3 Å². The van der Waals surface area contributed by atoms with Crippen molar-refractivity contribution >= 4 is 34.9 Å². The van der Waals surface area contributed by atoms with Gasteiger partial charge in [0.1, 0.15) is 12.4 Å². The molecule has 0 aliphatic carbocycles. The predicted octanol–water partition coefficient (Wildman–Crippen LogP) is 3.97. The fourth-order valence-electron chi connectivity index (χ4n) is 2.95. The highest BCUT2D eigenvalue weighted by Crippen LogP contribution is 2.35. The molecule has 146 valence electrons. The monoisotopic (exact) mass is 408 g/mol. The van der Waals surface area contributed by atoms with Gasteiger partial charge in [-0.1, -0.05) is 36.4 Å². The van der Waals surface area contributed by atoms with E-state index >= 15 is 0 Å². The van der Waals surface area contributed by atoms with Crippen molar-refractivity contribution in [3.05, 3.63) is 88.1 Å².